The fourth-order valence-electron chi connectivity index (χ4n) is 3.95. The molecule has 0 aliphatic carbocycles. The van der Waals surface area contributed by atoms with Gasteiger partial charge in [-0.15, -0.1) is 0 Å². The number of nitrogens with one attached hydrogen (secondary N) is 1. The van der Waals surface area contributed by atoms with Gasteiger partial charge in [-0.25, -0.2) is 4.98 Å². The van der Waals surface area contributed by atoms with Crippen LogP contribution in [0.5, 0.6) is 0 Å². The van der Waals surface area contributed by atoms with Crippen molar-refractivity contribution in [1.29, 1.82) is 0 Å². The van der Waals surface area contributed by atoms with Gasteiger partial charge in [-0.2, -0.15) is 0 Å². The topological polar surface area (TPSA) is 111 Å². The minimum atomic E-state index is -0.503. The van der Waals surface area contributed by atoms with Crippen LogP contribution in [0.1, 0.15) is 15.9 Å². The van der Waals surface area contributed by atoms with E-state index >= 15 is 0 Å². The molecule has 1 fully saturated rings. The number of hydrogen-bond acceptors (Lipinski definition) is 7. The third-order valence-electron chi connectivity index (χ3n) is 5.72. The minimum absolute atomic E-state index is 0.135. The van der Waals surface area contributed by atoms with Crippen LogP contribution in [0, 0.1) is 17.0 Å². The largest absolute Gasteiger partial charge is 0.436 e. The number of aryl methyl sites for hydroxylation is 1. The molecule has 1 saturated heterocycles. The van der Waals surface area contributed by atoms with Gasteiger partial charge in [0.25, 0.3) is 11.6 Å². The molecule has 0 spiro atoms. The molecule has 0 saturated carbocycles. The number of fused-ring (bicyclic) bond motifs is 1. The molecule has 1 aliphatic rings. The summed E-state index contributed by atoms with van der Waals surface area (Å²) in [6.07, 6.45) is 0. The fourth-order valence-corrected chi connectivity index (χ4v) is 3.95. The number of nitro groups is 1. The molecule has 1 N–H and O–H groups in total. The van der Waals surface area contributed by atoms with E-state index in [2.05, 4.69) is 10.3 Å². The zero-order valence-electron chi connectivity index (χ0n) is 18.5. The minimum Gasteiger partial charge on any atom is -0.436 e. The molecule has 1 aromatic heterocycles. The molecule has 9 nitrogen and oxygen atoms in total. The summed E-state index contributed by atoms with van der Waals surface area (Å²) in [5.41, 5.74) is 4.66. The number of anilines is 2. The lowest BCUT2D eigenvalue weighted by molar-refractivity contribution is -0.384. The van der Waals surface area contributed by atoms with Gasteiger partial charge in [-0.3, -0.25) is 14.9 Å². The molecule has 9 heteroatoms. The van der Waals surface area contributed by atoms with E-state index in [4.69, 9.17) is 9.15 Å². The van der Waals surface area contributed by atoms with Gasteiger partial charge in [0, 0.05) is 36.5 Å². The van der Waals surface area contributed by atoms with Crippen molar-refractivity contribution in [1.82, 2.24) is 4.98 Å². The van der Waals surface area contributed by atoms with Crippen molar-refractivity contribution in [3.63, 3.8) is 0 Å². The highest BCUT2D eigenvalue weighted by molar-refractivity contribution is 6.08. The first kappa shape index (κ1) is 21.6. The summed E-state index contributed by atoms with van der Waals surface area (Å²) >= 11 is 0. The van der Waals surface area contributed by atoms with Gasteiger partial charge in [0.15, 0.2) is 5.58 Å². The van der Waals surface area contributed by atoms with Crippen molar-refractivity contribution < 1.29 is 18.9 Å². The Hall–Kier alpha value is -4.24. The second kappa shape index (κ2) is 8.95. The third-order valence-corrected chi connectivity index (χ3v) is 5.72. The number of ether oxygens (including phenoxy) is 1. The van der Waals surface area contributed by atoms with E-state index < -0.39 is 10.8 Å². The highest BCUT2D eigenvalue weighted by atomic mass is 16.6. The van der Waals surface area contributed by atoms with Crippen LogP contribution in [0.25, 0.3) is 22.6 Å². The van der Waals surface area contributed by atoms with Crippen molar-refractivity contribution in [2.24, 2.45) is 0 Å². The van der Waals surface area contributed by atoms with E-state index in [1.807, 2.05) is 42.2 Å². The number of carbonyl (C=O) groups excluding carboxylic acids is 1. The van der Waals surface area contributed by atoms with Crippen LogP contribution >= 0.6 is 0 Å². The Morgan fingerprint density at radius 3 is 2.56 bits per heavy atom. The van der Waals surface area contributed by atoms with Crippen LogP contribution in [0.4, 0.5) is 17.1 Å². The summed E-state index contributed by atoms with van der Waals surface area (Å²) in [5, 5.41) is 14.1. The van der Waals surface area contributed by atoms with Gasteiger partial charge in [-0.1, -0.05) is 6.07 Å². The average Bonchev–Trinajstić information content (AvgIpc) is 3.28. The standard InChI is InChI=1S/C25H22N4O5/c1-16-2-8-21-23(14-16)34-25(27-21)17-3-5-18(6-4-17)26-24(30)20-15-19(29(31)32)7-9-22(20)28-10-12-33-13-11-28/h2-9,14-15H,10-13H2,1H3,(H,26,30). The van der Waals surface area contributed by atoms with Gasteiger partial charge in [0.1, 0.15) is 5.52 Å². The van der Waals surface area contributed by atoms with E-state index in [9.17, 15) is 14.9 Å². The van der Waals surface area contributed by atoms with Crippen LogP contribution in [-0.2, 0) is 4.74 Å². The number of rotatable bonds is 5. The molecule has 0 unspecified atom stereocenters. The van der Waals surface area contributed by atoms with Crippen molar-refractivity contribution in [3.05, 3.63) is 81.9 Å². The van der Waals surface area contributed by atoms with Crippen molar-refractivity contribution >= 4 is 34.1 Å². The number of benzene rings is 3. The molecule has 0 atom stereocenters. The first-order chi connectivity index (χ1) is 16.5. The second-order valence-electron chi connectivity index (χ2n) is 8.08. The predicted molar refractivity (Wildman–Crippen MR) is 128 cm³/mol. The fraction of sp³-hybridized carbons (Fsp3) is 0.200. The summed E-state index contributed by atoms with van der Waals surface area (Å²) in [6.45, 7) is 4.28. The number of nitro benzene ring substituents is 1. The summed E-state index contributed by atoms with van der Waals surface area (Å²) < 4.78 is 11.3. The monoisotopic (exact) mass is 458 g/mol. The summed E-state index contributed by atoms with van der Waals surface area (Å²) in [4.78, 5) is 30.5. The number of carbonyl (C=O) groups is 1. The Morgan fingerprint density at radius 2 is 1.82 bits per heavy atom. The number of oxazole rings is 1. The lowest BCUT2D eigenvalue weighted by Crippen LogP contribution is -2.37. The zero-order chi connectivity index (χ0) is 23.7. The molecule has 3 aromatic carbocycles. The highest BCUT2D eigenvalue weighted by Crippen LogP contribution is 2.29. The van der Waals surface area contributed by atoms with Crippen molar-refractivity contribution in [2.45, 2.75) is 6.92 Å². The average molecular weight is 458 g/mol. The Labute approximate surface area is 195 Å². The molecule has 1 amide bonds. The van der Waals surface area contributed by atoms with Crippen LogP contribution in [0.15, 0.2) is 65.1 Å². The number of non-ortho nitro benzene ring substituents is 1. The second-order valence-corrected chi connectivity index (χ2v) is 8.08. The Balaban J connectivity index is 1.39. The van der Waals surface area contributed by atoms with Gasteiger partial charge < -0.3 is 19.4 Å². The SMILES string of the molecule is Cc1ccc2nc(-c3ccc(NC(=O)c4cc([N+](=O)[O-])ccc4N4CCOCC4)cc3)oc2c1. The lowest BCUT2D eigenvalue weighted by atomic mass is 10.1. The molecule has 0 bridgehead atoms. The number of amides is 1. The maximum absolute atomic E-state index is 13.1. The molecule has 34 heavy (non-hydrogen) atoms. The van der Waals surface area contributed by atoms with Gasteiger partial charge >= 0.3 is 0 Å². The smallest absolute Gasteiger partial charge is 0.270 e. The van der Waals surface area contributed by atoms with Crippen molar-refractivity contribution in [3.8, 4) is 11.5 Å². The molecular formula is C25H22N4O5. The van der Waals surface area contributed by atoms with Gasteiger partial charge in [0.05, 0.1) is 29.4 Å². The normalized spacial score (nSPS) is 13.7. The highest BCUT2D eigenvalue weighted by Gasteiger charge is 2.22. The number of hydrogen-bond donors (Lipinski definition) is 1. The number of aromatic nitrogens is 1. The molecule has 1 aliphatic heterocycles. The number of nitrogens with zero attached hydrogens (tertiary/aromatic N) is 3. The molecule has 172 valence electrons. The Kier molecular flexibility index (Phi) is 5.69. The quantitative estimate of drug-likeness (QED) is 0.338. The molecule has 4 aromatic rings. The van der Waals surface area contributed by atoms with Crippen LogP contribution < -0.4 is 10.2 Å². The third kappa shape index (κ3) is 4.33. The van der Waals surface area contributed by atoms with E-state index in [0.717, 1.165) is 16.6 Å². The van der Waals surface area contributed by atoms with Gasteiger partial charge in [0.2, 0.25) is 5.89 Å². The Morgan fingerprint density at radius 1 is 1.06 bits per heavy atom. The van der Waals surface area contributed by atoms with Crippen molar-refractivity contribution in [2.75, 3.05) is 36.5 Å². The van der Waals surface area contributed by atoms with E-state index in [1.165, 1.54) is 12.1 Å². The number of morpholine rings is 1. The maximum Gasteiger partial charge on any atom is 0.270 e. The van der Waals surface area contributed by atoms with Crippen LogP contribution in [-0.4, -0.2) is 42.1 Å². The molecule has 5 rings (SSSR count). The Bertz CT molecular complexity index is 1370. The summed E-state index contributed by atoms with van der Waals surface area (Å²) in [5.74, 6) is 0.0713. The first-order valence-electron chi connectivity index (χ1n) is 10.9. The van der Waals surface area contributed by atoms with E-state index in [-0.39, 0.29) is 11.3 Å². The molecular weight excluding hydrogens is 436 g/mol. The van der Waals surface area contributed by atoms with E-state index in [1.54, 1.807) is 18.2 Å². The zero-order valence-corrected chi connectivity index (χ0v) is 18.5. The summed E-state index contributed by atoms with van der Waals surface area (Å²) in [7, 11) is 0. The molecule has 2 heterocycles. The van der Waals surface area contributed by atoms with Gasteiger partial charge in [-0.05, 0) is 55.0 Å². The maximum atomic E-state index is 13.1. The lowest BCUT2D eigenvalue weighted by Gasteiger charge is -2.30. The van der Waals surface area contributed by atoms with Crippen LogP contribution in [0.2, 0.25) is 0 Å². The summed E-state index contributed by atoms with van der Waals surface area (Å²) in [6, 6.07) is 17.3. The predicted octanol–water partition coefficient (Wildman–Crippen LogP) is 4.80. The van der Waals surface area contributed by atoms with E-state index in [0.29, 0.717) is 49.2 Å². The molecule has 0 radical (unpaired) electrons. The van der Waals surface area contributed by atoms with Crippen LogP contribution in [0.3, 0.4) is 0 Å². The first-order valence-corrected chi connectivity index (χ1v) is 10.9.